The number of ether oxygens (including phenoxy) is 3. The molecule has 2 amide bonds. The van der Waals surface area contributed by atoms with E-state index in [1.54, 1.807) is 31.0 Å². The maximum atomic E-state index is 12.1. The van der Waals surface area contributed by atoms with E-state index in [1.165, 1.54) is 5.56 Å². The van der Waals surface area contributed by atoms with Crippen LogP contribution in [0.1, 0.15) is 24.0 Å². The first kappa shape index (κ1) is 23.0. The lowest BCUT2D eigenvalue weighted by Gasteiger charge is -2.15. The van der Waals surface area contributed by atoms with Gasteiger partial charge in [-0.1, -0.05) is 18.2 Å². The Bertz CT molecular complexity index is 932. The van der Waals surface area contributed by atoms with E-state index < -0.39 is 17.9 Å². The standard InChI is InChI=1S/C23H27NO6S/c1-15-7-3-4-9-18(15)29-13-17(25)23(27)24-22(26)14-30-20-11-16-8-5-6-10-31-21(16)12-19(20)28-2/h3-4,7,9,11-12,17,25H,5-6,8,10,13-14H2,1-2H3,(H,24,26,27). The number of aliphatic hydroxyl groups excluding tert-OH is 1. The third-order valence-corrected chi connectivity index (χ3v) is 6.04. The molecule has 8 heteroatoms. The molecule has 166 valence electrons. The van der Waals surface area contributed by atoms with Gasteiger partial charge in [-0.2, -0.15) is 0 Å². The van der Waals surface area contributed by atoms with Crippen LogP contribution in [0.3, 0.4) is 0 Å². The van der Waals surface area contributed by atoms with E-state index in [2.05, 4.69) is 5.32 Å². The molecule has 1 heterocycles. The van der Waals surface area contributed by atoms with Crippen molar-refractivity contribution in [1.29, 1.82) is 0 Å². The molecule has 0 fully saturated rings. The molecule has 7 nitrogen and oxygen atoms in total. The minimum atomic E-state index is -1.48. The zero-order valence-corrected chi connectivity index (χ0v) is 18.5. The van der Waals surface area contributed by atoms with E-state index in [0.717, 1.165) is 35.5 Å². The minimum absolute atomic E-state index is 0.263. The average Bonchev–Trinajstić information content (AvgIpc) is 3.00. The van der Waals surface area contributed by atoms with Crippen LogP contribution in [0.25, 0.3) is 0 Å². The summed E-state index contributed by atoms with van der Waals surface area (Å²) in [5, 5.41) is 12.1. The normalized spacial score (nSPS) is 14.0. The first-order chi connectivity index (χ1) is 15.0. The van der Waals surface area contributed by atoms with E-state index >= 15 is 0 Å². The second-order valence-corrected chi connectivity index (χ2v) is 8.35. The van der Waals surface area contributed by atoms with Gasteiger partial charge in [-0.3, -0.25) is 14.9 Å². The highest BCUT2D eigenvalue weighted by Gasteiger charge is 2.20. The van der Waals surface area contributed by atoms with Crippen molar-refractivity contribution in [3.63, 3.8) is 0 Å². The Morgan fingerprint density at radius 2 is 1.94 bits per heavy atom. The topological polar surface area (TPSA) is 94.1 Å². The number of thioether (sulfide) groups is 1. The Morgan fingerprint density at radius 3 is 2.71 bits per heavy atom. The van der Waals surface area contributed by atoms with Gasteiger partial charge < -0.3 is 19.3 Å². The molecule has 0 bridgehead atoms. The van der Waals surface area contributed by atoms with Crippen LogP contribution in [0.5, 0.6) is 17.2 Å². The van der Waals surface area contributed by atoms with Crippen molar-refractivity contribution >= 4 is 23.6 Å². The Morgan fingerprint density at radius 1 is 1.13 bits per heavy atom. The molecule has 1 aliphatic heterocycles. The summed E-state index contributed by atoms with van der Waals surface area (Å²) in [6.07, 6.45) is 1.71. The lowest BCUT2D eigenvalue weighted by atomic mass is 10.1. The molecule has 2 aromatic carbocycles. The van der Waals surface area contributed by atoms with E-state index in [4.69, 9.17) is 14.2 Å². The molecular weight excluding hydrogens is 418 g/mol. The summed E-state index contributed by atoms with van der Waals surface area (Å²) in [5.41, 5.74) is 2.05. The van der Waals surface area contributed by atoms with E-state index in [9.17, 15) is 14.7 Å². The number of carbonyl (C=O) groups is 2. The number of aliphatic hydroxyl groups is 1. The predicted molar refractivity (Wildman–Crippen MR) is 118 cm³/mol. The number of imide groups is 1. The summed E-state index contributed by atoms with van der Waals surface area (Å²) in [5.74, 6) is 1.13. The van der Waals surface area contributed by atoms with E-state index in [1.807, 2.05) is 31.2 Å². The molecule has 0 radical (unpaired) electrons. The fraction of sp³-hybridized carbons (Fsp3) is 0.391. The molecule has 2 aromatic rings. The van der Waals surface area contributed by atoms with Crippen LogP contribution in [0.2, 0.25) is 0 Å². The van der Waals surface area contributed by atoms with Crippen molar-refractivity contribution in [3.8, 4) is 17.2 Å². The first-order valence-electron chi connectivity index (χ1n) is 10.1. The van der Waals surface area contributed by atoms with Crippen LogP contribution in [0, 0.1) is 6.92 Å². The molecule has 1 aliphatic rings. The summed E-state index contributed by atoms with van der Waals surface area (Å²) < 4.78 is 16.5. The molecule has 0 aromatic heterocycles. The number of methoxy groups -OCH3 is 1. The number of para-hydroxylation sites is 1. The molecule has 2 N–H and O–H groups in total. The second kappa shape index (κ2) is 11.1. The monoisotopic (exact) mass is 445 g/mol. The Balaban J connectivity index is 1.52. The molecule has 1 atom stereocenters. The van der Waals surface area contributed by atoms with E-state index in [-0.39, 0.29) is 13.2 Å². The van der Waals surface area contributed by atoms with Crippen LogP contribution >= 0.6 is 11.8 Å². The van der Waals surface area contributed by atoms with Gasteiger partial charge in [0, 0.05) is 4.90 Å². The van der Waals surface area contributed by atoms with Gasteiger partial charge in [-0.05, 0) is 61.3 Å². The van der Waals surface area contributed by atoms with Crippen molar-refractivity contribution in [3.05, 3.63) is 47.5 Å². The van der Waals surface area contributed by atoms with Crippen LogP contribution in [0.15, 0.2) is 41.3 Å². The highest BCUT2D eigenvalue weighted by Crippen LogP contribution is 2.38. The van der Waals surface area contributed by atoms with Crippen molar-refractivity contribution < 1.29 is 28.9 Å². The molecular formula is C23H27NO6S. The number of amides is 2. The van der Waals surface area contributed by atoms with Crippen LogP contribution in [-0.4, -0.2) is 49.1 Å². The summed E-state index contributed by atoms with van der Waals surface area (Å²) in [6, 6.07) is 11.1. The Labute approximate surface area is 186 Å². The smallest absolute Gasteiger partial charge is 0.264 e. The van der Waals surface area contributed by atoms with Crippen molar-refractivity contribution in [1.82, 2.24) is 5.32 Å². The number of aryl methyl sites for hydroxylation is 2. The second-order valence-electron chi connectivity index (χ2n) is 7.21. The largest absolute Gasteiger partial charge is 0.493 e. The fourth-order valence-electron chi connectivity index (χ4n) is 3.15. The fourth-order valence-corrected chi connectivity index (χ4v) is 4.25. The molecule has 0 spiro atoms. The number of benzene rings is 2. The first-order valence-corrected chi connectivity index (χ1v) is 11.1. The third kappa shape index (κ3) is 6.38. The molecule has 1 unspecified atom stereocenters. The Kier molecular flexibility index (Phi) is 8.20. The third-order valence-electron chi connectivity index (χ3n) is 4.86. The maximum absolute atomic E-state index is 12.1. The highest BCUT2D eigenvalue weighted by molar-refractivity contribution is 7.99. The summed E-state index contributed by atoms with van der Waals surface area (Å²) in [6.45, 7) is 1.22. The van der Waals surface area contributed by atoms with E-state index in [0.29, 0.717) is 17.2 Å². The van der Waals surface area contributed by atoms with Crippen LogP contribution in [-0.2, 0) is 16.0 Å². The number of fused-ring (bicyclic) bond motifs is 1. The van der Waals surface area contributed by atoms with Gasteiger partial charge in [-0.25, -0.2) is 0 Å². The molecule has 0 aliphatic carbocycles. The van der Waals surface area contributed by atoms with Gasteiger partial charge in [0.15, 0.2) is 24.2 Å². The number of hydrogen-bond donors (Lipinski definition) is 2. The van der Waals surface area contributed by atoms with Gasteiger partial charge in [0.25, 0.3) is 11.8 Å². The predicted octanol–water partition coefficient (Wildman–Crippen LogP) is 2.89. The molecule has 0 saturated heterocycles. The number of hydrogen-bond acceptors (Lipinski definition) is 7. The van der Waals surface area contributed by atoms with Gasteiger partial charge in [-0.15, -0.1) is 11.8 Å². The maximum Gasteiger partial charge on any atom is 0.264 e. The summed E-state index contributed by atoms with van der Waals surface area (Å²) >= 11 is 1.79. The van der Waals surface area contributed by atoms with Crippen molar-refractivity contribution in [2.75, 3.05) is 26.1 Å². The highest BCUT2D eigenvalue weighted by atomic mass is 32.2. The number of carbonyl (C=O) groups excluding carboxylic acids is 2. The SMILES string of the molecule is COc1cc2c(cc1OCC(=O)NC(=O)C(O)COc1ccccc1C)CCCCS2. The quantitative estimate of drug-likeness (QED) is 0.645. The molecule has 0 saturated carbocycles. The average molecular weight is 446 g/mol. The summed E-state index contributed by atoms with van der Waals surface area (Å²) in [4.78, 5) is 25.4. The minimum Gasteiger partial charge on any atom is -0.493 e. The Hall–Kier alpha value is -2.71. The zero-order chi connectivity index (χ0) is 22.2. The lowest BCUT2D eigenvalue weighted by Crippen LogP contribution is -2.43. The van der Waals surface area contributed by atoms with Gasteiger partial charge in [0.05, 0.1) is 7.11 Å². The van der Waals surface area contributed by atoms with Gasteiger partial charge in [0.1, 0.15) is 12.4 Å². The van der Waals surface area contributed by atoms with Crippen LogP contribution in [0.4, 0.5) is 0 Å². The summed E-state index contributed by atoms with van der Waals surface area (Å²) in [7, 11) is 1.55. The van der Waals surface area contributed by atoms with Crippen molar-refractivity contribution in [2.24, 2.45) is 0 Å². The molecule has 31 heavy (non-hydrogen) atoms. The zero-order valence-electron chi connectivity index (χ0n) is 17.7. The number of rotatable bonds is 8. The van der Waals surface area contributed by atoms with Crippen LogP contribution < -0.4 is 19.5 Å². The van der Waals surface area contributed by atoms with Gasteiger partial charge in [0.2, 0.25) is 0 Å². The lowest BCUT2D eigenvalue weighted by molar-refractivity contribution is -0.137. The number of nitrogens with one attached hydrogen (secondary N) is 1. The molecule has 3 rings (SSSR count). The van der Waals surface area contributed by atoms with Crippen molar-refractivity contribution in [2.45, 2.75) is 37.2 Å². The van der Waals surface area contributed by atoms with Gasteiger partial charge >= 0.3 is 0 Å².